The lowest BCUT2D eigenvalue weighted by molar-refractivity contribution is -0.137. The molecule has 188 valence electrons. The zero-order valence-corrected chi connectivity index (χ0v) is 20.3. The highest BCUT2D eigenvalue weighted by Crippen LogP contribution is 2.38. The number of nitrogens with one attached hydrogen (secondary N) is 1. The van der Waals surface area contributed by atoms with Gasteiger partial charge in [0.2, 0.25) is 21.9 Å². The van der Waals surface area contributed by atoms with Crippen molar-refractivity contribution in [2.45, 2.75) is 30.5 Å². The van der Waals surface area contributed by atoms with Gasteiger partial charge in [-0.1, -0.05) is 6.92 Å². The van der Waals surface area contributed by atoms with Crippen molar-refractivity contribution in [3.8, 4) is 10.6 Å². The van der Waals surface area contributed by atoms with E-state index in [1.165, 1.54) is 32.8 Å². The summed E-state index contributed by atoms with van der Waals surface area (Å²) in [5, 5.41) is 8.33. The number of alkyl halides is 3. The van der Waals surface area contributed by atoms with Gasteiger partial charge in [0.05, 0.1) is 22.3 Å². The molecule has 0 unspecified atom stereocenters. The van der Waals surface area contributed by atoms with Crippen molar-refractivity contribution in [3.63, 3.8) is 0 Å². The lowest BCUT2D eigenvalue weighted by Gasteiger charge is -2.36. The molecule has 15 heteroatoms. The Bertz CT molecular complexity index is 1350. The molecule has 0 radical (unpaired) electrons. The maximum Gasteiger partial charge on any atom is 0.420 e. The van der Waals surface area contributed by atoms with Gasteiger partial charge in [0.15, 0.2) is 0 Å². The minimum atomic E-state index is -4.70. The lowest BCUT2D eigenvalue weighted by Crippen LogP contribution is -2.47. The third-order valence-electron chi connectivity index (χ3n) is 5.71. The molecule has 1 saturated heterocycles. The summed E-state index contributed by atoms with van der Waals surface area (Å²) in [6, 6.07) is 0.989. The van der Waals surface area contributed by atoms with Crippen molar-refractivity contribution >= 4 is 33.2 Å². The van der Waals surface area contributed by atoms with Gasteiger partial charge in [-0.3, -0.25) is 9.48 Å². The highest BCUT2D eigenvalue weighted by atomic mass is 32.2. The van der Waals surface area contributed by atoms with E-state index < -0.39 is 27.7 Å². The van der Waals surface area contributed by atoms with E-state index in [2.05, 4.69) is 20.4 Å². The zero-order valence-electron chi connectivity index (χ0n) is 18.7. The fourth-order valence-electron chi connectivity index (χ4n) is 3.82. The molecule has 10 nitrogen and oxygen atoms in total. The van der Waals surface area contributed by atoms with Crippen LogP contribution < -0.4 is 11.1 Å². The molecule has 0 bridgehead atoms. The zero-order chi connectivity index (χ0) is 25.5. The van der Waals surface area contributed by atoms with Crippen LogP contribution in [0.25, 0.3) is 10.6 Å². The standard InChI is InChI=1S/C20H22F3N7O3S2/c1-11-8-30(35(32,33)13-6-26-29(2)9-13)4-3-15(11)27-19-25-7-14(20(21,22)23)17(28-19)16-5-12(10-34-16)18(24)31/h5-7,9-11,15H,3-4,8H2,1-2H3,(H2,24,31)(H,25,27,28)/t11-,15+/m1/s1. The van der Waals surface area contributed by atoms with Gasteiger partial charge in [-0.05, 0) is 18.4 Å². The number of halogens is 3. The minimum Gasteiger partial charge on any atom is -0.366 e. The second-order valence-corrected chi connectivity index (χ2v) is 11.1. The first-order valence-corrected chi connectivity index (χ1v) is 12.8. The van der Waals surface area contributed by atoms with Crippen LogP contribution in [0.15, 0.2) is 34.9 Å². The van der Waals surface area contributed by atoms with E-state index in [0.29, 0.717) is 12.6 Å². The Hall–Kier alpha value is -3.04. The summed E-state index contributed by atoms with van der Waals surface area (Å²) in [7, 11) is -2.08. The summed E-state index contributed by atoms with van der Waals surface area (Å²) in [5.74, 6) is -0.967. The molecule has 1 amide bonds. The Morgan fingerprint density at radius 1 is 1.31 bits per heavy atom. The number of primary amides is 1. The number of nitrogens with zero attached hydrogens (tertiary/aromatic N) is 5. The molecule has 3 N–H and O–H groups in total. The van der Waals surface area contributed by atoms with E-state index in [0.717, 1.165) is 11.3 Å². The van der Waals surface area contributed by atoms with Gasteiger partial charge in [-0.25, -0.2) is 18.4 Å². The molecule has 3 aromatic heterocycles. The molecule has 0 aromatic carbocycles. The number of aryl methyl sites for hydroxylation is 1. The van der Waals surface area contributed by atoms with Crippen LogP contribution in [0.3, 0.4) is 0 Å². The molecule has 35 heavy (non-hydrogen) atoms. The third kappa shape index (κ3) is 5.16. The smallest absolute Gasteiger partial charge is 0.366 e. The quantitative estimate of drug-likeness (QED) is 0.501. The molecule has 1 fully saturated rings. The number of aromatic nitrogens is 4. The fraction of sp³-hybridized carbons (Fsp3) is 0.400. The van der Waals surface area contributed by atoms with Gasteiger partial charge in [-0.15, -0.1) is 11.3 Å². The first-order valence-electron chi connectivity index (χ1n) is 10.4. The van der Waals surface area contributed by atoms with Crippen molar-refractivity contribution in [2.24, 2.45) is 18.7 Å². The summed E-state index contributed by atoms with van der Waals surface area (Å²) in [6.07, 6.45) is -0.900. The summed E-state index contributed by atoms with van der Waals surface area (Å²) < 4.78 is 69.3. The second kappa shape index (κ2) is 9.20. The Balaban J connectivity index is 1.55. The SMILES string of the molecule is C[C@@H]1CN(S(=O)(=O)c2cnn(C)c2)CC[C@@H]1Nc1ncc(C(F)(F)F)c(-c2cc(C(N)=O)cs2)n1. The fourth-order valence-corrected chi connectivity index (χ4v) is 6.26. The number of sulfonamides is 1. The normalized spacial score (nSPS) is 19.6. The van der Waals surface area contributed by atoms with Gasteiger partial charge in [-0.2, -0.15) is 22.6 Å². The van der Waals surface area contributed by atoms with E-state index >= 15 is 0 Å². The molecule has 0 aliphatic carbocycles. The van der Waals surface area contributed by atoms with Crippen LogP contribution in [0, 0.1) is 5.92 Å². The number of anilines is 1. The maximum atomic E-state index is 13.6. The van der Waals surface area contributed by atoms with Crippen molar-refractivity contribution in [1.29, 1.82) is 0 Å². The number of piperidine rings is 1. The summed E-state index contributed by atoms with van der Waals surface area (Å²) in [5.41, 5.74) is 3.91. The van der Waals surface area contributed by atoms with Crippen molar-refractivity contribution in [2.75, 3.05) is 18.4 Å². The number of hydrogen-bond acceptors (Lipinski definition) is 8. The van der Waals surface area contributed by atoms with E-state index in [9.17, 15) is 26.4 Å². The first-order chi connectivity index (χ1) is 16.4. The average molecular weight is 530 g/mol. The molecule has 1 aliphatic heterocycles. The highest BCUT2D eigenvalue weighted by Gasteiger charge is 2.37. The number of amides is 1. The largest absolute Gasteiger partial charge is 0.420 e. The number of carbonyl (C=O) groups excluding carboxylic acids is 1. The molecule has 4 rings (SSSR count). The van der Waals surface area contributed by atoms with Crippen LogP contribution >= 0.6 is 11.3 Å². The third-order valence-corrected chi connectivity index (χ3v) is 8.47. The van der Waals surface area contributed by atoms with Crippen molar-refractivity contribution < 1.29 is 26.4 Å². The van der Waals surface area contributed by atoms with Gasteiger partial charge in [0.1, 0.15) is 10.5 Å². The minimum absolute atomic E-state index is 0.0255. The second-order valence-electron chi connectivity index (χ2n) is 8.25. The van der Waals surface area contributed by atoms with E-state index in [-0.39, 0.29) is 52.0 Å². The predicted molar refractivity (Wildman–Crippen MR) is 122 cm³/mol. The number of hydrogen-bond donors (Lipinski definition) is 2. The van der Waals surface area contributed by atoms with Crippen LogP contribution in [-0.4, -0.2) is 57.5 Å². The van der Waals surface area contributed by atoms with E-state index in [1.54, 1.807) is 7.05 Å². The van der Waals surface area contributed by atoms with Crippen LogP contribution in [0.2, 0.25) is 0 Å². The highest BCUT2D eigenvalue weighted by molar-refractivity contribution is 7.89. The Kier molecular flexibility index (Phi) is 6.59. The van der Waals surface area contributed by atoms with E-state index in [1.807, 2.05) is 6.92 Å². The Labute approximate surface area is 203 Å². The molecule has 3 aromatic rings. The molecule has 4 heterocycles. The molecular weight excluding hydrogens is 507 g/mol. The van der Waals surface area contributed by atoms with Crippen LogP contribution in [0.1, 0.15) is 29.3 Å². The molecular formula is C20H22F3N7O3S2. The molecule has 0 saturated carbocycles. The topological polar surface area (TPSA) is 136 Å². The Morgan fingerprint density at radius 3 is 2.63 bits per heavy atom. The average Bonchev–Trinajstić information content (AvgIpc) is 3.44. The number of rotatable bonds is 6. The number of thiophene rings is 1. The summed E-state index contributed by atoms with van der Waals surface area (Å²) >= 11 is 0.920. The van der Waals surface area contributed by atoms with Crippen LogP contribution in [0.4, 0.5) is 19.1 Å². The number of carbonyl (C=O) groups is 1. The van der Waals surface area contributed by atoms with Crippen molar-refractivity contribution in [1.82, 2.24) is 24.1 Å². The van der Waals surface area contributed by atoms with E-state index in [4.69, 9.17) is 5.73 Å². The lowest BCUT2D eigenvalue weighted by atomic mass is 9.95. The van der Waals surface area contributed by atoms with Crippen molar-refractivity contribution in [3.05, 3.63) is 41.2 Å². The molecule has 2 atom stereocenters. The first kappa shape index (κ1) is 25.1. The molecule has 0 spiro atoms. The summed E-state index contributed by atoms with van der Waals surface area (Å²) in [6.45, 7) is 2.25. The monoisotopic (exact) mass is 529 g/mol. The predicted octanol–water partition coefficient (Wildman–Crippen LogP) is 2.57. The van der Waals surface area contributed by atoms with Gasteiger partial charge < -0.3 is 11.1 Å². The summed E-state index contributed by atoms with van der Waals surface area (Å²) in [4.78, 5) is 19.6. The molecule has 1 aliphatic rings. The number of nitrogens with two attached hydrogens (primary N) is 1. The van der Waals surface area contributed by atoms with Gasteiger partial charge >= 0.3 is 6.18 Å². The Morgan fingerprint density at radius 2 is 2.06 bits per heavy atom. The van der Waals surface area contributed by atoms with Crippen LogP contribution in [-0.2, 0) is 23.2 Å². The maximum absolute atomic E-state index is 13.6. The van der Waals surface area contributed by atoms with Gasteiger partial charge in [0, 0.05) is 44.0 Å². The van der Waals surface area contributed by atoms with Crippen LogP contribution in [0.5, 0.6) is 0 Å². The van der Waals surface area contributed by atoms with Gasteiger partial charge in [0.25, 0.3) is 0 Å².